The molecule has 10 heteroatoms. The molecule has 1 saturated heterocycles. The van der Waals surface area contributed by atoms with Crippen LogP contribution in [0.5, 0.6) is 0 Å². The Hall–Kier alpha value is -2.30. The Morgan fingerprint density at radius 1 is 1.10 bits per heavy atom. The predicted molar refractivity (Wildman–Crippen MR) is 117 cm³/mol. The lowest BCUT2D eigenvalue weighted by Crippen LogP contribution is -2.55. The van der Waals surface area contributed by atoms with Crippen LogP contribution in [0.1, 0.15) is 16.6 Å². The number of nitrogens with zero attached hydrogens (tertiary/aromatic N) is 2. The van der Waals surface area contributed by atoms with Crippen molar-refractivity contribution >= 4 is 50.7 Å². The lowest BCUT2D eigenvalue weighted by molar-refractivity contribution is -0.134. The van der Waals surface area contributed by atoms with Crippen molar-refractivity contribution in [2.75, 3.05) is 38.0 Å². The van der Waals surface area contributed by atoms with Crippen LogP contribution in [0.25, 0.3) is 0 Å². The number of benzene rings is 1. The molecule has 1 aliphatic rings. The van der Waals surface area contributed by atoms with Crippen LogP contribution in [0, 0.1) is 5.82 Å². The van der Waals surface area contributed by atoms with E-state index in [1.165, 1.54) is 35.6 Å². The highest BCUT2D eigenvalue weighted by atomic mass is 79.9. The van der Waals surface area contributed by atoms with Gasteiger partial charge in [-0.1, -0.05) is 0 Å². The van der Waals surface area contributed by atoms with Crippen molar-refractivity contribution in [3.05, 3.63) is 50.9 Å². The summed E-state index contributed by atoms with van der Waals surface area (Å²) in [6.45, 7) is 3.94. The van der Waals surface area contributed by atoms with E-state index in [2.05, 4.69) is 26.6 Å². The number of rotatable bonds is 6. The number of hydrogen-bond donors (Lipinski definition) is 2. The van der Waals surface area contributed by atoms with E-state index in [-0.39, 0.29) is 30.1 Å². The van der Waals surface area contributed by atoms with Crippen LogP contribution in [-0.2, 0) is 9.59 Å². The maximum atomic E-state index is 12.9. The standard InChI is InChI=1S/C20H22BrFN4O3S/c1-13(23-19(28)16-6-7-17(21)30-16)20(29)26-10-8-25(9-11-26)12-18(27)24-15-4-2-14(22)3-5-15/h2-7,13H,8-12H2,1H3,(H,23,28)(H,24,27). The van der Waals surface area contributed by atoms with Crippen LogP contribution in [0.2, 0.25) is 0 Å². The maximum Gasteiger partial charge on any atom is 0.262 e. The molecule has 3 rings (SSSR count). The number of halogens is 2. The molecule has 0 bridgehead atoms. The summed E-state index contributed by atoms with van der Waals surface area (Å²) < 4.78 is 13.8. The third-order valence-corrected chi connectivity index (χ3v) is 6.32. The maximum absolute atomic E-state index is 12.9. The smallest absolute Gasteiger partial charge is 0.262 e. The highest BCUT2D eigenvalue weighted by molar-refractivity contribution is 9.11. The average molecular weight is 497 g/mol. The second-order valence-corrected chi connectivity index (χ2v) is 9.42. The zero-order valence-corrected chi connectivity index (χ0v) is 18.8. The van der Waals surface area contributed by atoms with Gasteiger partial charge in [0.25, 0.3) is 5.91 Å². The van der Waals surface area contributed by atoms with E-state index in [0.29, 0.717) is 36.7 Å². The van der Waals surface area contributed by atoms with Crippen molar-refractivity contribution < 1.29 is 18.8 Å². The monoisotopic (exact) mass is 496 g/mol. The lowest BCUT2D eigenvalue weighted by Gasteiger charge is -2.35. The van der Waals surface area contributed by atoms with Crippen LogP contribution in [0.3, 0.4) is 0 Å². The molecule has 3 amide bonds. The average Bonchev–Trinajstić information content (AvgIpc) is 3.16. The number of amides is 3. The van der Waals surface area contributed by atoms with Gasteiger partial charge in [-0.3, -0.25) is 19.3 Å². The predicted octanol–water partition coefficient (Wildman–Crippen LogP) is 2.55. The number of carbonyl (C=O) groups is 3. The van der Waals surface area contributed by atoms with Gasteiger partial charge in [0.1, 0.15) is 11.9 Å². The molecule has 1 aromatic carbocycles. The molecule has 2 aromatic rings. The van der Waals surface area contributed by atoms with E-state index >= 15 is 0 Å². The van der Waals surface area contributed by atoms with Crippen molar-refractivity contribution in [2.45, 2.75) is 13.0 Å². The summed E-state index contributed by atoms with van der Waals surface area (Å²) in [5.41, 5.74) is 0.539. The molecule has 0 aliphatic carbocycles. The zero-order chi connectivity index (χ0) is 21.7. The Morgan fingerprint density at radius 2 is 1.77 bits per heavy atom. The van der Waals surface area contributed by atoms with Crippen molar-refractivity contribution in [2.24, 2.45) is 0 Å². The molecule has 2 N–H and O–H groups in total. The van der Waals surface area contributed by atoms with Gasteiger partial charge >= 0.3 is 0 Å². The van der Waals surface area contributed by atoms with Gasteiger partial charge in [0, 0.05) is 31.9 Å². The van der Waals surface area contributed by atoms with Gasteiger partial charge in [0.05, 0.1) is 15.2 Å². The fraction of sp³-hybridized carbons (Fsp3) is 0.350. The van der Waals surface area contributed by atoms with E-state index in [9.17, 15) is 18.8 Å². The Bertz CT molecular complexity index is 913. The van der Waals surface area contributed by atoms with Gasteiger partial charge in [-0.05, 0) is 59.3 Å². The zero-order valence-electron chi connectivity index (χ0n) is 16.4. The molecule has 1 fully saturated rings. The molecule has 160 valence electrons. The Balaban J connectivity index is 1.42. The summed E-state index contributed by atoms with van der Waals surface area (Å²) in [6.07, 6.45) is 0. The van der Waals surface area contributed by atoms with Gasteiger partial charge in [-0.15, -0.1) is 11.3 Å². The molecule has 1 aliphatic heterocycles. The molecule has 1 unspecified atom stereocenters. The molecule has 1 atom stereocenters. The highest BCUT2D eigenvalue weighted by Gasteiger charge is 2.27. The molecular formula is C20H22BrFN4O3S. The van der Waals surface area contributed by atoms with E-state index in [1.54, 1.807) is 24.0 Å². The fourth-order valence-corrected chi connectivity index (χ4v) is 4.39. The minimum Gasteiger partial charge on any atom is -0.340 e. The summed E-state index contributed by atoms with van der Waals surface area (Å²) >= 11 is 4.63. The first-order valence-electron chi connectivity index (χ1n) is 9.44. The van der Waals surface area contributed by atoms with E-state index in [0.717, 1.165) is 3.79 Å². The largest absolute Gasteiger partial charge is 0.340 e. The molecule has 0 spiro atoms. The topological polar surface area (TPSA) is 81.8 Å². The second kappa shape index (κ2) is 10.1. The minimum absolute atomic E-state index is 0.144. The van der Waals surface area contributed by atoms with Crippen molar-refractivity contribution in [3.8, 4) is 0 Å². The van der Waals surface area contributed by atoms with Gasteiger partial charge < -0.3 is 15.5 Å². The SMILES string of the molecule is CC(NC(=O)c1ccc(Br)s1)C(=O)N1CCN(CC(=O)Nc2ccc(F)cc2)CC1. The normalized spacial score (nSPS) is 15.5. The first-order chi connectivity index (χ1) is 14.3. The van der Waals surface area contributed by atoms with E-state index in [1.807, 2.05) is 4.90 Å². The number of piperazine rings is 1. The van der Waals surface area contributed by atoms with Crippen molar-refractivity contribution in [3.63, 3.8) is 0 Å². The second-order valence-electron chi connectivity index (χ2n) is 6.96. The number of thiophene rings is 1. The molecule has 0 radical (unpaired) electrons. The van der Waals surface area contributed by atoms with Gasteiger partial charge in [0.2, 0.25) is 11.8 Å². The number of nitrogens with one attached hydrogen (secondary N) is 2. The Kier molecular flexibility index (Phi) is 7.57. The summed E-state index contributed by atoms with van der Waals surface area (Å²) in [6, 6.07) is 8.46. The van der Waals surface area contributed by atoms with Gasteiger partial charge in [-0.25, -0.2) is 4.39 Å². The van der Waals surface area contributed by atoms with Crippen LogP contribution in [0.4, 0.5) is 10.1 Å². The summed E-state index contributed by atoms with van der Waals surface area (Å²) in [7, 11) is 0. The van der Waals surface area contributed by atoms with Crippen LogP contribution in [-0.4, -0.2) is 66.3 Å². The van der Waals surface area contributed by atoms with Crippen molar-refractivity contribution in [1.29, 1.82) is 0 Å². The quantitative estimate of drug-likeness (QED) is 0.643. The van der Waals surface area contributed by atoms with E-state index < -0.39 is 6.04 Å². The number of hydrogen-bond acceptors (Lipinski definition) is 5. The minimum atomic E-state index is -0.633. The molecule has 7 nitrogen and oxygen atoms in total. The van der Waals surface area contributed by atoms with E-state index in [4.69, 9.17) is 0 Å². The summed E-state index contributed by atoms with van der Waals surface area (Å²) in [5.74, 6) is -0.969. The van der Waals surface area contributed by atoms with Crippen LogP contribution in [0.15, 0.2) is 40.2 Å². The Labute approximate surface area is 186 Å². The third-order valence-electron chi connectivity index (χ3n) is 4.69. The van der Waals surface area contributed by atoms with Crippen molar-refractivity contribution in [1.82, 2.24) is 15.1 Å². The lowest BCUT2D eigenvalue weighted by atomic mass is 10.2. The first-order valence-corrected chi connectivity index (χ1v) is 11.1. The first kappa shape index (κ1) is 22.4. The van der Waals surface area contributed by atoms with Gasteiger partial charge in [0.15, 0.2) is 0 Å². The fourth-order valence-electron chi connectivity index (χ4n) is 3.10. The molecule has 1 aromatic heterocycles. The number of carbonyl (C=O) groups excluding carboxylic acids is 3. The summed E-state index contributed by atoms with van der Waals surface area (Å²) in [5, 5.41) is 5.47. The van der Waals surface area contributed by atoms with Crippen LogP contribution < -0.4 is 10.6 Å². The number of anilines is 1. The molecule has 0 saturated carbocycles. The third kappa shape index (κ3) is 6.10. The van der Waals surface area contributed by atoms with Gasteiger partial charge in [-0.2, -0.15) is 0 Å². The summed E-state index contributed by atoms with van der Waals surface area (Å²) in [4.78, 5) is 41.2. The van der Waals surface area contributed by atoms with Crippen LogP contribution >= 0.6 is 27.3 Å². The molecular weight excluding hydrogens is 475 g/mol. The highest BCUT2D eigenvalue weighted by Crippen LogP contribution is 2.22. The molecule has 2 heterocycles. The molecule has 30 heavy (non-hydrogen) atoms. The Morgan fingerprint density at radius 3 is 2.37 bits per heavy atom.